The van der Waals surface area contributed by atoms with Crippen LogP contribution >= 0.6 is 0 Å². The number of carbonyl (C=O) groups is 4. The summed E-state index contributed by atoms with van der Waals surface area (Å²) in [6.07, 6.45) is -0.117. The first-order valence-corrected chi connectivity index (χ1v) is 11.5. The van der Waals surface area contributed by atoms with Crippen molar-refractivity contribution in [1.82, 2.24) is 10.2 Å². The summed E-state index contributed by atoms with van der Waals surface area (Å²) in [5, 5.41) is 4.88. The predicted molar refractivity (Wildman–Crippen MR) is 154 cm³/mol. The van der Waals surface area contributed by atoms with E-state index in [1.807, 2.05) is 40.7 Å². The Balaban J connectivity index is -0.000000391. The van der Waals surface area contributed by atoms with Gasteiger partial charge in [0.15, 0.2) is 0 Å². The fourth-order valence-electron chi connectivity index (χ4n) is 3.50. The zero-order valence-electron chi connectivity index (χ0n) is 24.4. The van der Waals surface area contributed by atoms with Crippen LogP contribution in [0.3, 0.4) is 0 Å². The van der Waals surface area contributed by atoms with E-state index in [9.17, 15) is 19.2 Å². The van der Waals surface area contributed by atoms with Crippen LogP contribution in [0, 0.1) is 41.3 Å². The van der Waals surface area contributed by atoms with Gasteiger partial charge < -0.3 is 37.2 Å². The van der Waals surface area contributed by atoms with E-state index in [-0.39, 0.29) is 127 Å². The molecule has 1 atom stereocenters. The summed E-state index contributed by atoms with van der Waals surface area (Å²) in [7, 11) is 0. The van der Waals surface area contributed by atoms with Gasteiger partial charge in [0, 0.05) is 78.4 Å². The molecule has 2 heterocycles. The minimum Gasteiger partial charge on any atom is -0.447 e. The van der Waals surface area contributed by atoms with Crippen molar-refractivity contribution in [2.75, 3.05) is 5.32 Å². The predicted octanol–water partition coefficient (Wildman–Crippen LogP) is 6.14. The Kier molecular flexibility index (Phi) is 29.2. The van der Waals surface area contributed by atoms with Gasteiger partial charge in [-0.2, -0.15) is 42.0 Å². The molecule has 0 bridgehead atoms. The van der Waals surface area contributed by atoms with Crippen LogP contribution < -0.4 is 10.6 Å². The van der Waals surface area contributed by atoms with E-state index in [1.54, 1.807) is 24.3 Å². The number of carbonyl (C=O) groups excluding carboxylic acids is 4. The number of rotatable bonds is 4. The SMILES string of the molecule is C.CC.CC.Cc1[c-]cc(NC(=O)OCc2[c-]cc3c(c2)C(=O)N(C2CCC(=O)NC2=O)C3)cc1.[CH3-].[CH3-].[CH3-].[Y].[Y]. The van der Waals surface area contributed by atoms with Gasteiger partial charge in [-0.25, -0.2) is 4.79 Å². The third-order valence-electron chi connectivity index (χ3n) is 5.09. The Morgan fingerprint density at radius 1 is 1.05 bits per heavy atom. The molecule has 8 nitrogen and oxygen atoms in total. The van der Waals surface area contributed by atoms with Crippen LogP contribution in [-0.2, 0) is 92.9 Å². The molecule has 4 rings (SSSR count). The summed E-state index contributed by atoms with van der Waals surface area (Å²) >= 11 is 0. The molecule has 1 fully saturated rings. The van der Waals surface area contributed by atoms with Gasteiger partial charge in [0.2, 0.25) is 17.7 Å². The normalized spacial score (nSPS) is 13.9. The number of piperidine rings is 1. The van der Waals surface area contributed by atoms with Gasteiger partial charge in [0.25, 0.3) is 0 Å². The van der Waals surface area contributed by atoms with Crippen LogP contribution in [0.15, 0.2) is 30.3 Å². The second kappa shape index (κ2) is 24.2. The Hall–Kier alpha value is -1.47. The number of anilines is 1. The standard InChI is InChI=1S/C22H19N3O5.2C2H6.CH4.3CH3.2Y/c1-13-2-6-16(7-3-13)23-22(29)30-12-14-4-5-15-11-25(21(28)17(15)10-14)18-8-9-19(26)24-20(18)27;2*1-2;;;;;;/h2,5-7,10,18H,8-9,11-12H2,1H3,(H,23,29)(H,24,26,27);2*1-2H3;1H4;3*1H3;;/q-2;;;;3*-1;;. The molecule has 2 aliphatic heterocycles. The molecule has 2 aromatic rings. The van der Waals surface area contributed by atoms with Gasteiger partial charge in [0.05, 0.1) is 6.61 Å². The minimum absolute atomic E-state index is 0. The molecule has 0 spiro atoms. The zero-order valence-corrected chi connectivity index (χ0v) is 30.1. The average Bonchev–Trinajstić information content (AvgIpc) is 3.17. The van der Waals surface area contributed by atoms with Crippen molar-refractivity contribution in [3.05, 3.63) is 87.0 Å². The third kappa shape index (κ3) is 13.0. The number of aryl methyl sites for hydroxylation is 1. The molecule has 0 aliphatic carbocycles. The molecule has 0 aromatic heterocycles. The van der Waals surface area contributed by atoms with Crippen LogP contribution in [0.4, 0.5) is 10.5 Å². The molecule has 0 saturated carbocycles. The van der Waals surface area contributed by atoms with Gasteiger partial charge in [-0.15, -0.1) is 17.2 Å². The first-order valence-electron chi connectivity index (χ1n) is 11.5. The van der Waals surface area contributed by atoms with E-state index in [2.05, 4.69) is 22.8 Å². The van der Waals surface area contributed by atoms with E-state index in [1.165, 1.54) is 4.90 Å². The molecule has 10 heteroatoms. The van der Waals surface area contributed by atoms with Crippen LogP contribution in [0.5, 0.6) is 0 Å². The molecule has 2 aromatic carbocycles. The van der Waals surface area contributed by atoms with E-state index in [0.717, 1.165) is 11.1 Å². The zero-order chi connectivity index (χ0) is 25.3. The van der Waals surface area contributed by atoms with E-state index in [0.29, 0.717) is 23.2 Å². The second-order valence-corrected chi connectivity index (χ2v) is 7.26. The number of fused-ring (bicyclic) bond motifs is 1. The van der Waals surface area contributed by atoms with Crippen molar-refractivity contribution < 1.29 is 89.3 Å². The topological polar surface area (TPSA) is 105 Å². The Morgan fingerprint density at radius 2 is 1.68 bits per heavy atom. The smallest absolute Gasteiger partial charge is 0.400 e. The van der Waals surface area contributed by atoms with Crippen LogP contribution in [0.2, 0.25) is 0 Å². The maximum Gasteiger partial charge on any atom is 0.400 e. The largest absolute Gasteiger partial charge is 0.447 e. The third-order valence-corrected chi connectivity index (χ3v) is 5.09. The van der Waals surface area contributed by atoms with Crippen molar-refractivity contribution in [3.8, 4) is 0 Å². The molecule has 4 amide bonds. The van der Waals surface area contributed by atoms with E-state index >= 15 is 0 Å². The summed E-state index contributed by atoms with van der Waals surface area (Å²) in [5.41, 5.74) is 3.26. The van der Waals surface area contributed by atoms with Gasteiger partial charge in [-0.05, 0) is 6.42 Å². The Bertz CT molecular complexity index is 1050. The average molecular weight is 705 g/mol. The van der Waals surface area contributed by atoms with Gasteiger partial charge >= 0.3 is 6.09 Å². The van der Waals surface area contributed by atoms with Crippen LogP contribution in [0.25, 0.3) is 0 Å². The summed E-state index contributed by atoms with van der Waals surface area (Å²) in [6, 6.07) is 13.8. The van der Waals surface area contributed by atoms with Crippen molar-refractivity contribution in [1.29, 1.82) is 0 Å². The van der Waals surface area contributed by atoms with Crippen LogP contribution in [0.1, 0.15) is 75.0 Å². The number of nitrogens with one attached hydrogen (secondary N) is 2. The number of hydrogen-bond acceptors (Lipinski definition) is 5. The molecule has 1 unspecified atom stereocenters. The molecule has 220 valence electrons. The number of nitrogens with zero attached hydrogens (tertiary/aromatic N) is 1. The number of amides is 4. The fraction of sp³-hybridized carbons (Fsp3) is 0.367. The molecule has 2 N–H and O–H groups in total. The summed E-state index contributed by atoms with van der Waals surface area (Å²) in [4.78, 5) is 49.7. The fourth-order valence-corrected chi connectivity index (χ4v) is 3.50. The van der Waals surface area contributed by atoms with Gasteiger partial charge in [-0.1, -0.05) is 53.3 Å². The van der Waals surface area contributed by atoms with E-state index in [4.69, 9.17) is 4.74 Å². The monoisotopic (exact) mass is 704 g/mol. The summed E-state index contributed by atoms with van der Waals surface area (Å²) < 4.78 is 5.21. The number of imide groups is 1. The summed E-state index contributed by atoms with van der Waals surface area (Å²) in [6.45, 7) is 10.1. The van der Waals surface area contributed by atoms with Crippen molar-refractivity contribution in [2.24, 2.45) is 0 Å². The number of hydrogen-bond donors (Lipinski definition) is 2. The van der Waals surface area contributed by atoms with Gasteiger partial charge in [0.1, 0.15) is 6.04 Å². The molecular weight excluding hydrogens is 660 g/mol. The Morgan fingerprint density at radius 3 is 2.23 bits per heavy atom. The first kappa shape index (κ1) is 48.3. The second-order valence-electron chi connectivity index (χ2n) is 7.26. The van der Waals surface area contributed by atoms with Crippen molar-refractivity contribution in [3.63, 3.8) is 0 Å². The molecule has 2 aliphatic rings. The molecule has 40 heavy (non-hydrogen) atoms. The quantitative estimate of drug-likeness (QED) is 0.294. The number of ether oxygens (including phenoxy) is 1. The molecular formula is C30H44N3O5Y2-5. The van der Waals surface area contributed by atoms with Gasteiger partial charge in [-0.3, -0.25) is 19.7 Å². The van der Waals surface area contributed by atoms with Crippen molar-refractivity contribution in [2.45, 2.75) is 74.1 Å². The number of benzene rings is 2. The maximum absolute atomic E-state index is 12.8. The Labute approximate surface area is 292 Å². The summed E-state index contributed by atoms with van der Waals surface area (Å²) in [5.74, 6) is -1.06. The first-order chi connectivity index (χ1) is 16.4. The van der Waals surface area contributed by atoms with Crippen LogP contribution in [-0.4, -0.2) is 34.8 Å². The maximum atomic E-state index is 12.8. The van der Waals surface area contributed by atoms with E-state index < -0.39 is 18.0 Å². The molecule has 1 saturated heterocycles. The van der Waals surface area contributed by atoms with Crippen molar-refractivity contribution >= 4 is 29.5 Å². The minimum atomic E-state index is -0.667. The molecule has 2 radical (unpaired) electrons.